The first-order valence-electron chi connectivity index (χ1n) is 6.61. The molecule has 110 valence electrons. The average molecular weight is 278 g/mol. The van der Waals surface area contributed by atoms with E-state index < -0.39 is 0 Å². The van der Waals surface area contributed by atoms with E-state index in [9.17, 15) is 9.59 Å². The molecule has 2 N–H and O–H groups in total. The van der Waals surface area contributed by atoms with Gasteiger partial charge in [0.2, 0.25) is 0 Å². The van der Waals surface area contributed by atoms with Crippen molar-refractivity contribution in [3.8, 4) is 0 Å². The molecule has 0 aliphatic heterocycles. The number of hydrogen-bond acceptors (Lipinski definition) is 4. The minimum Gasteiger partial charge on any atom is -0.468 e. The van der Waals surface area contributed by atoms with Gasteiger partial charge in [-0.05, 0) is 23.6 Å². The van der Waals surface area contributed by atoms with Crippen LogP contribution in [0.4, 0.5) is 0 Å². The largest absolute Gasteiger partial charge is 0.468 e. The van der Waals surface area contributed by atoms with E-state index in [4.69, 9.17) is 4.74 Å². The summed E-state index contributed by atoms with van der Waals surface area (Å²) in [6.45, 7) is 4.47. The van der Waals surface area contributed by atoms with Gasteiger partial charge in [-0.3, -0.25) is 9.59 Å². The predicted molar refractivity (Wildman–Crippen MR) is 77.3 cm³/mol. The van der Waals surface area contributed by atoms with Gasteiger partial charge in [-0.15, -0.1) is 0 Å². The van der Waals surface area contributed by atoms with Crippen LogP contribution in [0, 0.1) is 5.92 Å². The number of rotatable bonds is 6. The van der Waals surface area contributed by atoms with Crippen LogP contribution in [0.1, 0.15) is 29.8 Å². The van der Waals surface area contributed by atoms with Gasteiger partial charge in [-0.2, -0.15) is 0 Å². The summed E-state index contributed by atoms with van der Waals surface area (Å²) in [6, 6.07) is 6.92. The number of amides is 1. The van der Waals surface area contributed by atoms with Crippen LogP contribution in [0.3, 0.4) is 0 Å². The van der Waals surface area contributed by atoms with Gasteiger partial charge in [0.1, 0.15) is 6.04 Å². The van der Waals surface area contributed by atoms with E-state index in [1.165, 1.54) is 7.11 Å². The minimum atomic E-state index is -0.335. The molecule has 0 saturated carbocycles. The molecule has 0 unspecified atom stereocenters. The fourth-order valence-electron chi connectivity index (χ4n) is 1.86. The summed E-state index contributed by atoms with van der Waals surface area (Å²) >= 11 is 0. The first-order chi connectivity index (χ1) is 9.49. The molecular formula is C15H22N2O3. The number of esters is 1. The summed E-state index contributed by atoms with van der Waals surface area (Å²) in [7, 11) is 2.99. The van der Waals surface area contributed by atoms with Crippen molar-refractivity contribution in [1.82, 2.24) is 10.6 Å². The first kappa shape index (κ1) is 16.2. The topological polar surface area (TPSA) is 67.4 Å². The molecule has 1 aromatic rings. The molecule has 5 nitrogen and oxygen atoms in total. The van der Waals surface area contributed by atoms with Crippen molar-refractivity contribution in [2.24, 2.45) is 5.92 Å². The maximum absolute atomic E-state index is 11.6. The lowest BCUT2D eigenvalue weighted by Crippen LogP contribution is -2.41. The lowest BCUT2D eigenvalue weighted by Gasteiger charge is -2.19. The van der Waals surface area contributed by atoms with Crippen molar-refractivity contribution < 1.29 is 14.3 Å². The molecule has 0 fully saturated rings. The Hall–Kier alpha value is -1.88. The highest BCUT2D eigenvalue weighted by Gasteiger charge is 2.21. The quantitative estimate of drug-likeness (QED) is 0.770. The van der Waals surface area contributed by atoms with Crippen LogP contribution >= 0.6 is 0 Å². The summed E-state index contributed by atoms with van der Waals surface area (Å²) in [5.41, 5.74) is 1.62. The fraction of sp³-hybridized carbons (Fsp3) is 0.467. The van der Waals surface area contributed by atoms with E-state index in [0.29, 0.717) is 12.1 Å². The van der Waals surface area contributed by atoms with Crippen molar-refractivity contribution in [2.45, 2.75) is 26.4 Å². The van der Waals surface area contributed by atoms with Crippen LogP contribution in [0.2, 0.25) is 0 Å². The Labute approximate surface area is 119 Å². The molecule has 1 aromatic carbocycles. The van der Waals surface area contributed by atoms with Crippen molar-refractivity contribution in [3.63, 3.8) is 0 Å². The van der Waals surface area contributed by atoms with E-state index in [2.05, 4.69) is 10.6 Å². The van der Waals surface area contributed by atoms with Gasteiger partial charge in [-0.1, -0.05) is 26.0 Å². The standard InChI is InChI=1S/C15H22N2O3/c1-10(2)13(15(19)20-4)17-9-11-5-7-12(8-6-11)14(18)16-3/h5-8,10,13,17H,9H2,1-4H3,(H,16,18)/t13-/m0/s1. The van der Waals surface area contributed by atoms with Gasteiger partial charge in [-0.25, -0.2) is 0 Å². The molecular weight excluding hydrogens is 256 g/mol. The minimum absolute atomic E-state index is 0.112. The number of carbonyl (C=O) groups excluding carboxylic acids is 2. The van der Waals surface area contributed by atoms with Gasteiger partial charge in [0.25, 0.3) is 5.91 Å². The van der Waals surface area contributed by atoms with Crippen LogP contribution in [0.15, 0.2) is 24.3 Å². The molecule has 0 aromatic heterocycles. The number of methoxy groups -OCH3 is 1. The van der Waals surface area contributed by atoms with Crippen molar-refractivity contribution in [2.75, 3.05) is 14.2 Å². The normalized spacial score (nSPS) is 12.1. The third kappa shape index (κ3) is 4.35. The van der Waals surface area contributed by atoms with Gasteiger partial charge in [0.15, 0.2) is 0 Å². The Morgan fingerprint density at radius 1 is 1.20 bits per heavy atom. The smallest absolute Gasteiger partial charge is 0.323 e. The summed E-state index contributed by atoms with van der Waals surface area (Å²) < 4.78 is 4.77. The third-order valence-electron chi connectivity index (χ3n) is 3.09. The molecule has 20 heavy (non-hydrogen) atoms. The van der Waals surface area contributed by atoms with Crippen LogP contribution in [0.5, 0.6) is 0 Å². The van der Waals surface area contributed by atoms with Crippen LogP contribution in [-0.4, -0.2) is 32.1 Å². The van der Waals surface area contributed by atoms with Crippen LogP contribution in [0.25, 0.3) is 0 Å². The summed E-state index contributed by atoms with van der Waals surface area (Å²) in [6.07, 6.45) is 0. The maximum Gasteiger partial charge on any atom is 0.323 e. The van der Waals surface area contributed by atoms with E-state index in [1.807, 2.05) is 26.0 Å². The second-order valence-electron chi connectivity index (χ2n) is 4.90. The monoisotopic (exact) mass is 278 g/mol. The molecule has 0 bridgehead atoms. The molecule has 0 radical (unpaired) electrons. The molecule has 1 rings (SSSR count). The maximum atomic E-state index is 11.6. The number of ether oxygens (including phenoxy) is 1. The lowest BCUT2D eigenvalue weighted by atomic mass is 10.0. The second-order valence-corrected chi connectivity index (χ2v) is 4.90. The number of hydrogen-bond donors (Lipinski definition) is 2. The highest BCUT2D eigenvalue weighted by Crippen LogP contribution is 2.08. The molecule has 0 spiro atoms. The molecule has 0 saturated heterocycles. The summed E-state index contributed by atoms with van der Waals surface area (Å²) in [5.74, 6) is -0.228. The Morgan fingerprint density at radius 3 is 2.25 bits per heavy atom. The lowest BCUT2D eigenvalue weighted by molar-refractivity contribution is -0.144. The summed E-state index contributed by atoms with van der Waals surface area (Å²) in [4.78, 5) is 23.0. The second kappa shape index (κ2) is 7.65. The van der Waals surface area contributed by atoms with Crippen LogP contribution in [-0.2, 0) is 16.1 Å². The number of benzene rings is 1. The Bertz CT molecular complexity index is 455. The summed E-state index contributed by atoms with van der Waals surface area (Å²) in [5, 5.41) is 5.75. The SMILES string of the molecule is CNC(=O)c1ccc(CN[C@H](C(=O)OC)C(C)C)cc1. The highest BCUT2D eigenvalue weighted by molar-refractivity contribution is 5.93. The fourth-order valence-corrected chi connectivity index (χ4v) is 1.86. The molecule has 0 heterocycles. The van der Waals surface area contributed by atoms with Gasteiger partial charge in [0.05, 0.1) is 7.11 Å². The molecule has 0 aliphatic carbocycles. The van der Waals surface area contributed by atoms with Crippen molar-refractivity contribution >= 4 is 11.9 Å². The Balaban J connectivity index is 2.64. The Kier molecular flexibility index (Phi) is 6.18. The predicted octanol–water partition coefficient (Wildman–Crippen LogP) is 1.33. The zero-order valence-corrected chi connectivity index (χ0v) is 12.4. The van der Waals surface area contributed by atoms with Crippen molar-refractivity contribution in [3.05, 3.63) is 35.4 Å². The first-order valence-corrected chi connectivity index (χ1v) is 6.61. The van der Waals surface area contributed by atoms with Crippen LogP contribution < -0.4 is 10.6 Å². The van der Waals surface area contributed by atoms with Gasteiger partial charge in [0, 0.05) is 19.2 Å². The average Bonchev–Trinajstić information content (AvgIpc) is 2.46. The van der Waals surface area contributed by atoms with E-state index in [1.54, 1.807) is 19.2 Å². The van der Waals surface area contributed by atoms with E-state index in [0.717, 1.165) is 5.56 Å². The van der Waals surface area contributed by atoms with Gasteiger partial charge >= 0.3 is 5.97 Å². The van der Waals surface area contributed by atoms with Crippen molar-refractivity contribution in [1.29, 1.82) is 0 Å². The molecule has 5 heteroatoms. The molecule has 1 amide bonds. The highest BCUT2D eigenvalue weighted by atomic mass is 16.5. The van der Waals surface area contributed by atoms with E-state index >= 15 is 0 Å². The molecule has 1 atom stereocenters. The third-order valence-corrected chi connectivity index (χ3v) is 3.09. The zero-order chi connectivity index (χ0) is 15.1. The Morgan fingerprint density at radius 2 is 1.80 bits per heavy atom. The number of carbonyl (C=O) groups is 2. The molecule has 0 aliphatic rings. The van der Waals surface area contributed by atoms with E-state index in [-0.39, 0.29) is 23.8 Å². The number of nitrogens with one attached hydrogen (secondary N) is 2. The van der Waals surface area contributed by atoms with Gasteiger partial charge < -0.3 is 15.4 Å². The zero-order valence-electron chi connectivity index (χ0n) is 12.4.